The summed E-state index contributed by atoms with van der Waals surface area (Å²) in [5.74, 6) is -1.39. The summed E-state index contributed by atoms with van der Waals surface area (Å²) in [5.41, 5.74) is -0.242. The van der Waals surface area contributed by atoms with E-state index in [1.54, 1.807) is 19.9 Å². The van der Waals surface area contributed by atoms with Crippen molar-refractivity contribution in [1.82, 2.24) is 9.78 Å². The minimum absolute atomic E-state index is 0.0209. The predicted molar refractivity (Wildman–Crippen MR) is 110 cm³/mol. The lowest BCUT2D eigenvalue weighted by Gasteiger charge is -2.14. The van der Waals surface area contributed by atoms with E-state index in [2.05, 4.69) is 15.2 Å². The quantitative estimate of drug-likeness (QED) is 0.579. The molecule has 0 saturated heterocycles. The number of hydrogen-bond donors (Lipinski definition) is 2. The highest BCUT2D eigenvalue weighted by Crippen LogP contribution is 2.40. The molecule has 1 heterocycles. The lowest BCUT2D eigenvalue weighted by Crippen LogP contribution is -2.17. The predicted octanol–water partition coefficient (Wildman–Crippen LogP) is 4.69. The third-order valence-electron chi connectivity index (χ3n) is 3.73. The van der Waals surface area contributed by atoms with Gasteiger partial charge in [-0.25, -0.2) is 4.68 Å². The first kappa shape index (κ1) is 25.6. The van der Waals surface area contributed by atoms with E-state index < -0.39 is 18.1 Å². The minimum atomic E-state index is -4.92. The van der Waals surface area contributed by atoms with Crippen molar-refractivity contribution in [3.63, 3.8) is 0 Å². The fourth-order valence-electron chi connectivity index (χ4n) is 2.39. The Bertz CT molecular complexity index is 1010. The van der Waals surface area contributed by atoms with Crippen LogP contribution in [0.15, 0.2) is 12.1 Å². The van der Waals surface area contributed by atoms with Crippen LogP contribution in [0.2, 0.25) is 10.0 Å². The molecule has 13 heteroatoms. The maximum atomic E-state index is 12.4. The average Bonchev–Trinajstić information content (AvgIpc) is 3.43. The molecule has 2 aromatic rings. The van der Waals surface area contributed by atoms with Crippen molar-refractivity contribution in [2.75, 3.05) is 12.4 Å². The maximum absolute atomic E-state index is 12.4. The van der Waals surface area contributed by atoms with Crippen LogP contribution in [0.3, 0.4) is 0 Å². The standard InChI is InChI=1S/C16H11Cl2F3N4O3.C3H8O/c1-23-14-13(27-15(26)7-2-3-7)11(6-22)24-25(14)12-9(17)4-8(5-10(12)18)28-16(19,20)21;1-3(2)4/h4-5,7,23H,2-3H2,1H3;3-4H,1-2H3. The van der Waals surface area contributed by atoms with Gasteiger partial charge in [0.1, 0.15) is 17.5 Å². The highest BCUT2D eigenvalue weighted by molar-refractivity contribution is 6.38. The number of nitriles is 1. The molecule has 1 saturated carbocycles. The third kappa shape index (κ3) is 6.66. The Morgan fingerprint density at radius 2 is 1.88 bits per heavy atom. The van der Waals surface area contributed by atoms with Crippen molar-refractivity contribution in [2.24, 2.45) is 5.92 Å². The molecule has 0 bridgehead atoms. The Morgan fingerprint density at radius 1 is 1.34 bits per heavy atom. The molecule has 8 nitrogen and oxygen atoms in total. The van der Waals surface area contributed by atoms with E-state index in [1.165, 1.54) is 7.05 Å². The van der Waals surface area contributed by atoms with E-state index in [0.717, 1.165) is 16.8 Å². The zero-order chi connectivity index (χ0) is 24.2. The van der Waals surface area contributed by atoms with Gasteiger partial charge in [-0.2, -0.15) is 10.4 Å². The molecule has 0 unspecified atom stereocenters. The number of alkyl halides is 3. The second-order valence-electron chi connectivity index (χ2n) is 6.87. The van der Waals surface area contributed by atoms with Gasteiger partial charge in [-0.1, -0.05) is 23.2 Å². The molecule has 1 aromatic carbocycles. The molecule has 1 aromatic heterocycles. The van der Waals surface area contributed by atoms with Gasteiger partial charge >= 0.3 is 12.3 Å². The van der Waals surface area contributed by atoms with Crippen molar-refractivity contribution < 1.29 is 32.5 Å². The fraction of sp³-hybridized carbons (Fsp3) is 0.421. The number of hydrogen-bond acceptors (Lipinski definition) is 7. The molecule has 32 heavy (non-hydrogen) atoms. The van der Waals surface area contributed by atoms with Crippen molar-refractivity contribution in [2.45, 2.75) is 39.2 Å². The second kappa shape index (κ2) is 10.3. The second-order valence-corrected chi connectivity index (χ2v) is 7.69. The van der Waals surface area contributed by atoms with Crippen molar-refractivity contribution in [3.8, 4) is 23.3 Å². The normalized spacial score (nSPS) is 13.2. The van der Waals surface area contributed by atoms with Gasteiger partial charge in [0.05, 0.1) is 16.0 Å². The maximum Gasteiger partial charge on any atom is 0.573 e. The van der Waals surface area contributed by atoms with Crippen LogP contribution < -0.4 is 14.8 Å². The van der Waals surface area contributed by atoms with Gasteiger partial charge in [0.15, 0.2) is 5.82 Å². The van der Waals surface area contributed by atoms with Crippen molar-refractivity contribution in [1.29, 1.82) is 5.26 Å². The molecular formula is C19H19Cl2F3N4O4. The number of aliphatic hydroxyl groups excluding tert-OH is 1. The highest BCUT2D eigenvalue weighted by Gasteiger charge is 2.35. The van der Waals surface area contributed by atoms with Gasteiger partial charge in [0, 0.05) is 25.3 Å². The van der Waals surface area contributed by atoms with Crippen LogP contribution in [0.4, 0.5) is 19.0 Å². The number of ether oxygens (including phenoxy) is 2. The molecule has 174 valence electrons. The molecule has 0 radical (unpaired) electrons. The molecule has 1 aliphatic carbocycles. The summed E-state index contributed by atoms with van der Waals surface area (Å²) in [7, 11) is 1.48. The summed E-state index contributed by atoms with van der Waals surface area (Å²) >= 11 is 12.2. The lowest BCUT2D eigenvalue weighted by atomic mass is 10.3. The number of nitrogens with one attached hydrogen (secondary N) is 1. The van der Waals surface area contributed by atoms with E-state index in [9.17, 15) is 23.2 Å². The Hall–Kier alpha value is -2.68. The van der Waals surface area contributed by atoms with Gasteiger partial charge < -0.3 is 19.9 Å². The monoisotopic (exact) mass is 494 g/mol. The van der Waals surface area contributed by atoms with Crippen LogP contribution >= 0.6 is 23.2 Å². The number of aromatic nitrogens is 2. The van der Waals surface area contributed by atoms with Crippen molar-refractivity contribution in [3.05, 3.63) is 27.9 Å². The largest absolute Gasteiger partial charge is 0.573 e. The summed E-state index contributed by atoms with van der Waals surface area (Å²) in [4.78, 5) is 12.0. The van der Waals surface area contributed by atoms with Gasteiger partial charge in [-0.05, 0) is 26.7 Å². The number of anilines is 1. The van der Waals surface area contributed by atoms with Crippen LogP contribution in [-0.2, 0) is 4.79 Å². The molecule has 0 aliphatic heterocycles. The Kier molecular flexibility index (Phi) is 8.23. The number of nitrogens with zero attached hydrogens (tertiary/aromatic N) is 3. The number of halogens is 5. The van der Waals surface area contributed by atoms with E-state index in [-0.39, 0.29) is 45.0 Å². The number of carbonyl (C=O) groups excluding carboxylic acids is 1. The number of aliphatic hydroxyl groups is 1. The first-order chi connectivity index (χ1) is 14.9. The van der Waals surface area contributed by atoms with Crippen LogP contribution in [0.25, 0.3) is 5.69 Å². The summed E-state index contributed by atoms with van der Waals surface area (Å²) in [5, 5.41) is 23.7. The first-order valence-electron chi connectivity index (χ1n) is 9.23. The molecule has 0 atom stereocenters. The average molecular weight is 495 g/mol. The molecule has 1 fully saturated rings. The Balaban J connectivity index is 0.000000837. The zero-order valence-electron chi connectivity index (χ0n) is 17.1. The molecule has 2 N–H and O–H groups in total. The van der Waals surface area contributed by atoms with E-state index >= 15 is 0 Å². The smallest absolute Gasteiger partial charge is 0.419 e. The van der Waals surface area contributed by atoms with E-state index in [0.29, 0.717) is 12.8 Å². The topological polar surface area (TPSA) is 109 Å². The van der Waals surface area contributed by atoms with Crippen LogP contribution in [-0.4, -0.2) is 40.4 Å². The molecular weight excluding hydrogens is 476 g/mol. The fourth-order valence-corrected chi connectivity index (χ4v) is 3.02. The zero-order valence-corrected chi connectivity index (χ0v) is 18.6. The van der Waals surface area contributed by atoms with Crippen LogP contribution in [0.5, 0.6) is 11.5 Å². The van der Waals surface area contributed by atoms with Gasteiger partial charge in [0.25, 0.3) is 0 Å². The third-order valence-corrected chi connectivity index (χ3v) is 4.31. The lowest BCUT2D eigenvalue weighted by molar-refractivity contribution is -0.274. The molecule has 0 amide bonds. The van der Waals surface area contributed by atoms with E-state index in [4.69, 9.17) is 33.0 Å². The number of benzene rings is 1. The van der Waals surface area contributed by atoms with Crippen molar-refractivity contribution >= 4 is 35.0 Å². The summed E-state index contributed by atoms with van der Waals surface area (Å²) < 4.78 is 47.4. The molecule has 3 rings (SSSR count). The number of carbonyl (C=O) groups is 1. The molecule has 1 aliphatic rings. The van der Waals surface area contributed by atoms with Crippen LogP contribution in [0, 0.1) is 17.2 Å². The minimum Gasteiger partial charge on any atom is -0.419 e. The summed E-state index contributed by atoms with van der Waals surface area (Å²) in [6.45, 7) is 3.44. The van der Waals surface area contributed by atoms with Gasteiger partial charge in [0.2, 0.25) is 11.4 Å². The van der Waals surface area contributed by atoms with Crippen LogP contribution in [0.1, 0.15) is 32.4 Å². The van der Waals surface area contributed by atoms with Gasteiger partial charge in [-0.15, -0.1) is 13.2 Å². The summed E-state index contributed by atoms with van der Waals surface area (Å²) in [6, 6.07) is 3.60. The highest BCUT2D eigenvalue weighted by atomic mass is 35.5. The summed E-state index contributed by atoms with van der Waals surface area (Å²) in [6.07, 6.45) is -3.70. The number of rotatable bonds is 5. The molecule has 0 spiro atoms. The Morgan fingerprint density at radius 3 is 2.28 bits per heavy atom. The van der Waals surface area contributed by atoms with E-state index in [1.807, 2.05) is 0 Å². The first-order valence-corrected chi connectivity index (χ1v) is 9.99. The SMILES string of the molecule is CC(C)O.CNc1c(OC(=O)C2CC2)c(C#N)nn1-c1c(Cl)cc(OC(F)(F)F)cc1Cl. The number of esters is 1. The van der Waals surface area contributed by atoms with Gasteiger partial charge in [-0.3, -0.25) is 4.79 Å². The Labute approximate surface area is 191 Å².